The van der Waals surface area contributed by atoms with Crippen molar-refractivity contribution < 1.29 is 23.3 Å². The van der Waals surface area contributed by atoms with Gasteiger partial charge in [-0.25, -0.2) is 24.0 Å². The summed E-state index contributed by atoms with van der Waals surface area (Å²) in [5.41, 5.74) is 2.04. The molecule has 1 fully saturated rings. The summed E-state index contributed by atoms with van der Waals surface area (Å²) in [7, 11) is 3.19. The number of ether oxygens (including phenoxy) is 4. The molecular formula is C28H26ClFN6O4. The average molecular weight is 565 g/mol. The lowest BCUT2D eigenvalue weighted by Crippen LogP contribution is -2.18. The molecule has 0 bridgehead atoms. The summed E-state index contributed by atoms with van der Waals surface area (Å²) in [6, 6.07) is 10.1. The molecule has 1 N–H and O–H groups in total. The summed E-state index contributed by atoms with van der Waals surface area (Å²) in [5.74, 6) is 1.22. The van der Waals surface area contributed by atoms with E-state index in [1.807, 2.05) is 12.1 Å². The van der Waals surface area contributed by atoms with Gasteiger partial charge in [0.15, 0.2) is 17.8 Å². The lowest BCUT2D eigenvalue weighted by atomic mass is 10.1. The van der Waals surface area contributed by atoms with Gasteiger partial charge in [-0.05, 0) is 43.5 Å². The molecule has 1 aliphatic rings. The number of pyridine rings is 1. The van der Waals surface area contributed by atoms with Crippen LogP contribution in [0, 0.1) is 5.82 Å². The normalized spacial score (nSPS) is 15.3. The zero-order valence-electron chi connectivity index (χ0n) is 21.9. The number of anilines is 1. The fourth-order valence-electron chi connectivity index (χ4n) is 4.82. The smallest absolute Gasteiger partial charge is 0.234 e. The SMILES string of the molecule is COc1ccc(CNc2ncnc3cc(Cl)nc(Oc4c(F)ccc5c4cnn5C4CCCCO4)c23)c(OC)c1. The molecule has 206 valence electrons. The standard InChI is InChI=1S/C28H26ClFN6O4/c1-37-17-7-6-16(22(11-17)38-2)13-31-27-25-20(32-15-33-27)12-23(29)35-28(25)40-26-18-14-34-36(21(18)9-8-19(26)30)24-5-3-4-10-39-24/h6-9,11-12,14-15,24H,3-5,10,13H2,1-2H3,(H,31,32,33). The highest BCUT2D eigenvalue weighted by Gasteiger charge is 2.23. The van der Waals surface area contributed by atoms with Crippen LogP contribution in [0.15, 0.2) is 48.9 Å². The molecule has 0 radical (unpaired) electrons. The molecule has 1 unspecified atom stereocenters. The largest absolute Gasteiger partial charge is 0.497 e. The van der Waals surface area contributed by atoms with E-state index in [-0.39, 0.29) is 23.0 Å². The van der Waals surface area contributed by atoms with Crippen LogP contribution in [-0.4, -0.2) is 45.6 Å². The van der Waals surface area contributed by atoms with E-state index in [0.717, 1.165) is 24.8 Å². The highest BCUT2D eigenvalue weighted by Crippen LogP contribution is 2.39. The van der Waals surface area contributed by atoms with Gasteiger partial charge in [0, 0.05) is 30.8 Å². The molecule has 1 saturated heterocycles. The van der Waals surface area contributed by atoms with Crippen molar-refractivity contribution in [1.82, 2.24) is 24.7 Å². The Labute approximate surface area is 234 Å². The fourth-order valence-corrected chi connectivity index (χ4v) is 5.00. The number of nitrogens with zero attached hydrogens (tertiary/aromatic N) is 5. The van der Waals surface area contributed by atoms with Crippen molar-refractivity contribution in [3.05, 3.63) is 65.5 Å². The first-order valence-electron chi connectivity index (χ1n) is 12.8. The van der Waals surface area contributed by atoms with E-state index >= 15 is 4.39 Å². The first-order chi connectivity index (χ1) is 19.6. The second-order valence-electron chi connectivity index (χ2n) is 9.22. The molecular weight excluding hydrogens is 539 g/mol. The number of aromatic nitrogens is 5. The van der Waals surface area contributed by atoms with Gasteiger partial charge in [0.2, 0.25) is 5.88 Å². The van der Waals surface area contributed by atoms with Crippen LogP contribution in [0.5, 0.6) is 23.1 Å². The Balaban J connectivity index is 1.38. The maximum Gasteiger partial charge on any atom is 0.234 e. The number of benzene rings is 2. The van der Waals surface area contributed by atoms with E-state index in [1.54, 1.807) is 43.3 Å². The van der Waals surface area contributed by atoms with Gasteiger partial charge in [0.25, 0.3) is 0 Å². The monoisotopic (exact) mass is 564 g/mol. The van der Waals surface area contributed by atoms with Gasteiger partial charge in [0.05, 0.1) is 36.8 Å². The zero-order valence-corrected chi connectivity index (χ0v) is 22.6. The van der Waals surface area contributed by atoms with Gasteiger partial charge < -0.3 is 24.3 Å². The van der Waals surface area contributed by atoms with Crippen molar-refractivity contribution in [2.45, 2.75) is 32.0 Å². The van der Waals surface area contributed by atoms with Crippen LogP contribution in [-0.2, 0) is 11.3 Å². The number of halogens is 2. The molecule has 12 heteroatoms. The van der Waals surface area contributed by atoms with Crippen molar-refractivity contribution in [3.8, 4) is 23.1 Å². The minimum Gasteiger partial charge on any atom is -0.497 e. The van der Waals surface area contributed by atoms with E-state index in [1.165, 1.54) is 12.4 Å². The van der Waals surface area contributed by atoms with E-state index in [9.17, 15) is 0 Å². The second-order valence-corrected chi connectivity index (χ2v) is 9.61. The number of fused-ring (bicyclic) bond motifs is 2. The van der Waals surface area contributed by atoms with Crippen molar-refractivity contribution >= 4 is 39.2 Å². The van der Waals surface area contributed by atoms with Gasteiger partial charge >= 0.3 is 0 Å². The third kappa shape index (κ3) is 4.93. The Morgan fingerprint density at radius 3 is 2.83 bits per heavy atom. The van der Waals surface area contributed by atoms with E-state index in [4.69, 9.17) is 30.5 Å². The third-order valence-corrected chi connectivity index (χ3v) is 7.00. The molecule has 6 rings (SSSR count). The Morgan fingerprint density at radius 2 is 2.02 bits per heavy atom. The number of nitrogens with one attached hydrogen (secondary N) is 1. The van der Waals surface area contributed by atoms with E-state index in [0.29, 0.717) is 52.3 Å². The minimum absolute atomic E-state index is 0.0257. The Kier molecular flexibility index (Phi) is 7.23. The number of hydrogen-bond donors (Lipinski definition) is 1. The summed E-state index contributed by atoms with van der Waals surface area (Å²) in [4.78, 5) is 13.1. The topological polar surface area (TPSA) is 105 Å². The van der Waals surface area contributed by atoms with Crippen LogP contribution in [0.25, 0.3) is 21.8 Å². The lowest BCUT2D eigenvalue weighted by molar-refractivity contribution is -0.0366. The van der Waals surface area contributed by atoms with Crippen molar-refractivity contribution in [1.29, 1.82) is 0 Å². The maximum atomic E-state index is 15.2. The van der Waals surface area contributed by atoms with Crippen molar-refractivity contribution in [2.24, 2.45) is 0 Å². The molecule has 2 aromatic carbocycles. The molecule has 0 saturated carbocycles. The molecule has 4 heterocycles. The molecule has 5 aromatic rings. The van der Waals surface area contributed by atoms with E-state index in [2.05, 4.69) is 25.4 Å². The third-order valence-electron chi connectivity index (χ3n) is 6.81. The second kappa shape index (κ2) is 11.1. The van der Waals surface area contributed by atoms with Crippen LogP contribution in [0.1, 0.15) is 31.1 Å². The van der Waals surface area contributed by atoms with Gasteiger partial charge in [-0.1, -0.05) is 11.6 Å². The molecule has 3 aromatic heterocycles. The molecule has 0 aliphatic carbocycles. The van der Waals surface area contributed by atoms with Gasteiger partial charge in [-0.15, -0.1) is 0 Å². The lowest BCUT2D eigenvalue weighted by Gasteiger charge is -2.23. The summed E-state index contributed by atoms with van der Waals surface area (Å²) >= 11 is 6.32. The highest BCUT2D eigenvalue weighted by molar-refractivity contribution is 6.30. The zero-order chi connectivity index (χ0) is 27.6. The van der Waals surface area contributed by atoms with Crippen molar-refractivity contribution in [3.63, 3.8) is 0 Å². The highest BCUT2D eigenvalue weighted by atomic mass is 35.5. The predicted octanol–water partition coefficient (Wildman–Crippen LogP) is 6.29. The number of hydrogen-bond acceptors (Lipinski definition) is 9. The summed E-state index contributed by atoms with van der Waals surface area (Å²) in [5, 5.41) is 8.86. The number of rotatable bonds is 8. The first-order valence-corrected chi connectivity index (χ1v) is 13.1. The number of methoxy groups -OCH3 is 2. The Hall–Kier alpha value is -4.22. The molecule has 1 atom stereocenters. The molecule has 0 spiro atoms. The minimum atomic E-state index is -0.569. The Morgan fingerprint density at radius 1 is 1.12 bits per heavy atom. The first kappa shape index (κ1) is 26.0. The predicted molar refractivity (Wildman–Crippen MR) is 148 cm³/mol. The maximum absolute atomic E-state index is 15.2. The van der Waals surface area contributed by atoms with Gasteiger partial charge in [-0.3, -0.25) is 0 Å². The Bertz CT molecular complexity index is 1690. The van der Waals surface area contributed by atoms with Gasteiger partial charge in [0.1, 0.15) is 34.2 Å². The molecule has 0 amide bonds. The summed E-state index contributed by atoms with van der Waals surface area (Å²) < 4.78 is 39.9. The van der Waals surface area contributed by atoms with Crippen LogP contribution in [0.4, 0.5) is 10.2 Å². The molecule has 10 nitrogen and oxygen atoms in total. The average Bonchev–Trinajstić information content (AvgIpc) is 3.42. The summed E-state index contributed by atoms with van der Waals surface area (Å²) in [6.07, 6.45) is 5.64. The van der Waals surface area contributed by atoms with E-state index < -0.39 is 5.82 Å². The fraction of sp³-hybridized carbons (Fsp3) is 0.286. The van der Waals surface area contributed by atoms with Crippen molar-refractivity contribution in [2.75, 3.05) is 26.1 Å². The molecule has 40 heavy (non-hydrogen) atoms. The molecule has 1 aliphatic heterocycles. The van der Waals surface area contributed by atoms with Crippen LogP contribution in [0.2, 0.25) is 5.15 Å². The van der Waals surface area contributed by atoms with Crippen LogP contribution < -0.4 is 19.5 Å². The quantitative estimate of drug-likeness (QED) is 0.218. The summed E-state index contributed by atoms with van der Waals surface area (Å²) in [6.45, 7) is 1.02. The van der Waals surface area contributed by atoms with Crippen LogP contribution in [0.3, 0.4) is 0 Å². The van der Waals surface area contributed by atoms with Gasteiger partial charge in [-0.2, -0.15) is 5.10 Å². The van der Waals surface area contributed by atoms with Crippen LogP contribution >= 0.6 is 11.6 Å².